The average molecular weight is 354 g/mol. The van der Waals surface area contributed by atoms with Gasteiger partial charge in [0, 0.05) is 4.47 Å². The molecule has 2 rings (SSSR count). The first-order valence-corrected chi connectivity index (χ1v) is 7.26. The lowest BCUT2D eigenvalue weighted by molar-refractivity contribution is -0.120. The second-order valence-electron chi connectivity index (χ2n) is 4.96. The topological polar surface area (TPSA) is 42.0 Å². The van der Waals surface area contributed by atoms with Crippen LogP contribution in [0.4, 0.5) is 5.69 Å². The molecule has 1 N–H and O–H groups in total. The molecular weight excluding hydrogens is 340 g/mol. The summed E-state index contributed by atoms with van der Waals surface area (Å²) in [4.78, 5) is 16.4. The molecule has 0 radical (unpaired) electrons. The van der Waals surface area contributed by atoms with Crippen LogP contribution in [0.3, 0.4) is 0 Å². The van der Waals surface area contributed by atoms with Gasteiger partial charge in [0.15, 0.2) is 0 Å². The maximum atomic E-state index is 12.4. The van der Waals surface area contributed by atoms with Crippen LogP contribution in [0.15, 0.2) is 47.1 Å². The number of hydrogen-bond donors (Lipinski definition) is 1. The Kier molecular flexibility index (Phi) is 4.45. The van der Waals surface area contributed by atoms with Gasteiger partial charge in [0.05, 0.1) is 17.3 Å². The Bertz CT molecular complexity index is 626. The number of pyridine rings is 1. The monoisotopic (exact) mass is 352 g/mol. The Morgan fingerprint density at radius 3 is 2.65 bits per heavy atom. The summed E-state index contributed by atoms with van der Waals surface area (Å²) >= 11 is 9.14. The lowest BCUT2D eigenvalue weighted by atomic mass is 9.83. The molecule has 2 aromatic rings. The smallest absolute Gasteiger partial charge is 0.234 e. The molecule has 0 unspecified atom stereocenters. The second kappa shape index (κ2) is 5.94. The van der Waals surface area contributed by atoms with Crippen molar-refractivity contribution >= 4 is 39.1 Å². The van der Waals surface area contributed by atoms with Crippen LogP contribution < -0.4 is 5.32 Å². The Balaban J connectivity index is 2.21. The molecule has 1 aromatic carbocycles. The Labute approximate surface area is 131 Å². The maximum Gasteiger partial charge on any atom is 0.234 e. The normalized spacial score (nSPS) is 11.2. The van der Waals surface area contributed by atoms with Crippen LogP contribution in [-0.4, -0.2) is 10.9 Å². The van der Waals surface area contributed by atoms with E-state index in [4.69, 9.17) is 11.6 Å². The van der Waals surface area contributed by atoms with Crippen molar-refractivity contribution in [3.05, 3.63) is 57.8 Å². The third-order valence-corrected chi connectivity index (χ3v) is 3.82. The van der Waals surface area contributed by atoms with Crippen LogP contribution in [0.25, 0.3) is 0 Å². The average Bonchev–Trinajstić information content (AvgIpc) is 2.41. The number of carbonyl (C=O) groups excluding carboxylic acids is 1. The molecule has 1 amide bonds. The van der Waals surface area contributed by atoms with Crippen molar-refractivity contribution in [2.75, 3.05) is 5.32 Å². The minimum atomic E-state index is -0.649. The molecule has 0 aliphatic heterocycles. The first-order chi connectivity index (χ1) is 9.39. The largest absolute Gasteiger partial charge is 0.324 e. The number of carbonyl (C=O) groups is 1. The number of aromatic nitrogens is 1. The van der Waals surface area contributed by atoms with E-state index in [1.165, 1.54) is 6.20 Å². The number of anilines is 1. The molecule has 0 saturated heterocycles. The van der Waals surface area contributed by atoms with Crippen molar-refractivity contribution in [3.8, 4) is 0 Å². The van der Waals surface area contributed by atoms with Crippen LogP contribution in [-0.2, 0) is 10.2 Å². The van der Waals surface area contributed by atoms with E-state index in [9.17, 15) is 4.79 Å². The summed E-state index contributed by atoms with van der Waals surface area (Å²) < 4.78 is 0.948. The number of hydrogen-bond acceptors (Lipinski definition) is 2. The highest BCUT2D eigenvalue weighted by Crippen LogP contribution is 2.27. The van der Waals surface area contributed by atoms with Crippen LogP contribution in [0.1, 0.15) is 19.4 Å². The second-order valence-corrected chi connectivity index (χ2v) is 6.26. The molecule has 0 bridgehead atoms. The molecule has 0 fully saturated rings. The third-order valence-electron chi connectivity index (χ3n) is 3.10. The van der Waals surface area contributed by atoms with Gasteiger partial charge in [-0.1, -0.05) is 39.7 Å². The molecule has 1 aromatic heterocycles. The van der Waals surface area contributed by atoms with Crippen molar-refractivity contribution in [2.24, 2.45) is 0 Å². The Morgan fingerprint density at radius 2 is 2.05 bits per heavy atom. The van der Waals surface area contributed by atoms with Gasteiger partial charge in [-0.15, -0.1) is 0 Å². The number of nitrogens with one attached hydrogen (secondary N) is 1. The highest BCUT2D eigenvalue weighted by atomic mass is 79.9. The van der Waals surface area contributed by atoms with E-state index in [-0.39, 0.29) is 5.91 Å². The van der Waals surface area contributed by atoms with Crippen molar-refractivity contribution in [1.82, 2.24) is 4.98 Å². The van der Waals surface area contributed by atoms with Gasteiger partial charge >= 0.3 is 0 Å². The van der Waals surface area contributed by atoms with Gasteiger partial charge in [-0.25, -0.2) is 4.98 Å². The number of amides is 1. The maximum absolute atomic E-state index is 12.4. The molecule has 1 heterocycles. The summed E-state index contributed by atoms with van der Waals surface area (Å²) in [5.74, 6) is -0.0975. The van der Waals surface area contributed by atoms with Gasteiger partial charge in [0.2, 0.25) is 5.91 Å². The van der Waals surface area contributed by atoms with Crippen LogP contribution >= 0.6 is 27.5 Å². The van der Waals surface area contributed by atoms with E-state index in [2.05, 4.69) is 26.2 Å². The summed E-state index contributed by atoms with van der Waals surface area (Å²) in [5, 5.41) is 3.25. The van der Waals surface area contributed by atoms with Crippen molar-refractivity contribution in [2.45, 2.75) is 19.3 Å². The van der Waals surface area contributed by atoms with Crippen LogP contribution in [0, 0.1) is 0 Å². The first-order valence-electron chi connectivity index (χ1n) is 6.08. The molecule has 3 nitrogen and oxygen atoms in total. The van der Waals surface area contributed by atoms with Crippen LogP contribution in [0.2, 0.25) is 5.15 Å². The molecular formula is C15H14BrClN2O. The summed E-state index contributed by atoms with van der Waals surface area (Å²) in [6, 6.07) is 11.1. The van der Waals surface area contributed by atoms with Gasteiger partial charge < -0.3 is 5.32 Å². The van der Waals surface area contributed by atoms with Crippen molar-refractivity contribution in [1.29, 1.82) is 0 Å². The van der Waals surface area contributed by atoms with E-state index in [1.807, 2.05) is 38.1 Å². The van der Waals surface area contributed by atoms with E-state index in [0.717, 1.165) is 10.0 Å². The molecule has 0 spiro atoms. The fourth-order valence-corrected chi connectivity index (χ4v) is 2.26. The minimum absolute atomic E-state index is 0.0975. The molecule has 0 saturated carbocycles. The lowest BCUT2D eigenvalue weighted by Crippen LogP contribution is -2.34. The van der Waals surface area contributed by atoms with Crippen LogP contribution in [0.5, 0.6) is 0 Å². The first kappa shape index (κ1) is 15.0. The Morgan fingerprint density at radius 1 is 1.30 bits per heavy atom. The summed E-state index contributed by atoms with van der Waals surface area (Å²) in [5.41, 5.74) is 0.914. The fraction of sp³-hybridized carbons (Fsp3) is 0.200. The third kappa shape index (κ3) is 3.38. The van der Waals surface area contributed by atoms with Gasteiger partial charge in [0.25, 0.3) is 0 Å². The predicted octanol–water partition coefficient (Wildman–Crippen LogP) is 4.41. The van der Waals surface area contributed by atoms with Gasteiger partial charge in [-0.05, 0) is 43.7 Å². The number of rotatable bonds is 3. The highest BCUT2D eigenvalue weighted by molar-refractivity contribution is 9.10. The van der Waals surface area contributed by atoms with Gasteiger partial charge in [0.1, 0.15) is 5.15 Å². The zero-order valence-corrected chi connectivity index (χ0v) is 13.5. The summed E-state index contributed by atoms with van der Waals surface area (Å²) in [7, 11) is 0. The van der Waals surface area contributed by atoms with E-state index in [0.29, 0.717) is 10.8 Å². The zero-order valence-electron chi connectivity index (χ0n) is 11.2. The molecule has 0 aliphatic carbocycles. The molecule has 0 atom stereocenters. The van der Waals surface area contributed by atoms with Crippen molar-refractivity contribution < 1.29 is 4.79 Å². The SMILES string of the molecule is CC(C)(C(=O)Nc1ccc(Cl)nc1)c1cccc(Br)c1. The van der Waals surface area contributed by atoms with Gasteiger partial charge in [-0.2, -0.15) is 0 Å². The van der Waals surface area contributed by atoms with Crippen molar-refractivity contribution in [3.63, 3.8) is 0 Å². The minimum Gasteiger partial charge on any atom is -0.324 e. The number of nitrogens with zero attached hydrogens (tertiary/aromatic N) is 1. The highest BCUT2D eigenvalue weighted by Gasteiger charge is 2.30. The van der Waals surface area contributed by atoms with E-state index < -0.39 is 5.41 Å². The quantitative estimate of drug-likeness (QED) is 0.830. The standard InChI is InChI=1S/C15H14BrClN2O/c1-15(2,10-4-3-5-11(16)8-10)14(20)19-12-6-7-13(17)18-9-12/h3-9H,1-2H3,(H,19,20). The Hall–Kier alpha value is -1.39. The lowest BCUT2D eigenvalue weighted by Gasteiger charge is -2.24. The van der Waals surface area contributed by atoms with E-state index >= 15 is 0 Å². The number of benzene rings is 1. The predicted molar refractivity (Wildman–Crippen MR) is 85.0 cm³/mol. The molecule has 104 valence electrons. The molecule has 5 heteroatoms. The van der Waals surface area contributed by atoms with E-state index in [1.54, 1.807) is 12.1 Å². The molecule has 0 aliphatic rings. The number of halogens is 2. The van der Waals surface area contributed by atoms with Gasteiger partial charge in [-0.3, -0.25) is 4.79 Å². The zero-order chi connectivity index (χ0) is 14.8. The fourth-order valence-electron chi connectivity index (χ4n) is 1.75. The summed E-state index contributed by atoms with van der Waals surface area (Å²) in [6.07, 6.45) is 1.54. The summed E-state index contributed by atoms with van der Waals surface area (Å²) in [6.45, 7) is 3.76. The molecule has 20 heavy (non-hydrogen) atoms.